The van der Waals surface area contributed by atoms with Gasteiger partial charge in [0.15, 0.2) is 11.5 Å². The standard InChI is InChI=1S/C17H15NO3/c1-19-17-8-12(10-18)6-7-16(17)20-11-14-9-13-4-2-3-5-15(13)21-14/h2-8,14H,9,11H2,1H3. The van der Waals surface area contributed by atoms with Crippen molar-refractivity contribution in [3.63, 3.8) is 0 Å². The van der Waals surface area contributed by atoms with E-state index in [1.165, 1.54) is 5.56 Å². The highest BCUT2D eigenvalue weighted by Crippen LogP contribution is 2.31. The zero-order valence-corrected chi connectivity index (χ0v) is 11.7. The summed E-state index contributed by atoms with van der Waals surface area (Å²) < 4.78 is 16.9. The minimum Gasteiger partial charge on any atom is -0.493 e. The highest BCUT2D eigenvalue weighted by molar-refractivity contribution is 5.46. The van der Waals surface area contributed by atoms with Gasteiger partial charge in [0.05, 0.1) is 18.7 Å². The van der Waals surface area contributed by atoms with E-state index in [2.05, 4.69) is 12.1 Å². The molecule has 0 saturated carbocycles. The van der Waals surface area contributed by atoms with Crippen molar-refractivity contribution in [1.29, 1.82) is 5.26 Å². The van der Waals surface area contributed by atoms with E-state index in [4.69, 9.17) is 19.5 Å². The number of para-hydroxylation sites is 1. The molecule has 2 aromatic carbocycles. The van der Waals surface area contributed by atoms with Gasteiger partial charge in [-0.25, -0.2) is 0 Å². The Bertz CT molecular complexity index is 666. The van der Waals surface area contributed by atoms with Gasteiger partial charge in [-0.2, -0.15) is 5.26 Å². The summed E-state index contributed by atoms with van der Waals surface area (Å²) in [7, 11) is 1.56. The van der Waals surface area contributed by atoms with Crippen LogP contribution < -0.4 is 14.2 Å². The molecule has 0 bridgehead atoms. The van der Waals surface area contributed by atoms with Crippen molar-refractivity contribution in [2.75, 3.05) is 13.7 Å². The summed E-state index contributed by atoms with van der Waals surface area (Å²) in [4.78, 5) is 0. The maximum atomic E-state index is 8.88. The Kier molecular flexibility index (Phi) is 3.65. The van der Waals surface area contributed by atoms with Crippen LogP contribution in [0.1, 0.15) is 11.1 Å². The molecule has 1 heterocycles. The highest BCUT2D eigenvalue weighted by Gasteiger charge is 2.23. The summed E-state index contributed by atoms with van der Waals surface area (Å²) in [5.74, 6) is 2.11. The number of hydrogen-bond donors (Lipinski definition) is 0. The highest BCUT2D eigenvalue weighted by atomic mass is 16.5. The van der Waals surface area contributed by atoms with Gasteiger partial charge in [0.2, 0.25) is 0 Å². The topological polar surface area (TPSA) is 51.5 Å². The molecule has 0 fully saturated rings. The van der Waals surface area contributed by atoms with Crippen molar-refractivity contribution in [3.05, 3.63) is 53.6 Å². The summed E-state index contributed by atoms with van der Waals surface area (Å²) in [5, 5.41) is 8.88. The largest absolute Gasteiger partial charge is 0.493 e. The number of nitrogens with zero attached hydrogens (tertiary/aromatic N) is 1. The number of fused-ring (bicyclic) bond motifs is 1. The Morgan fingerprint density at radius 2 is 2.10 bits per heavy atom. The molecule has 0 aliphatic carbocycles. The third-order valence-electron chi connectivity index (χ3n) is 3.43. The van der Waals surface area contributed by atoms with Gasteiger partial charge in [-0.1, -0.05) is 18.2 Å². The van der Waals surface area contributed by atoms with E-state index in [0.29, 0.717) is 23.7 Å². The minimum atomic E-state index is 0.00255. The van der Waals surface area contributed by atoms with Crippen molar-refractivity contribution in [1.82, 2.24) is 0 Å². The molecule has 0 N–H and O–H groups in total. The SMILES string of the molecule is COc1cc(C#N)ccc1OCC1Cc2ccccc2O1. The fourth-order valence-electron chi connectivity index (χ4n) is 2.39. The van der Waals surface area contributed by atoms with Crippen molar-refractivity contribution in [2.45, 2.75) is 12.5 Å². The van der Waals surface area contributed by atoms with Crippen LogP contribution in [0, 0.1) is 11.3 Å². The lowest BCUT2D eigenvalue weighted by molar-refractivity contribution is 0.145. The van der Waals surface area contributed by atoms with Crippen LogP contribution in [0.15, 0.2) is 42.5 Å². The smallest absolute Gasteiger partial charge is 0.162 e. The van der Waals surface area contributed by atoms with E-state index < -0.39 is 0 Å². The molecule has 0 aromatic heterocycles. The molecule has 0 saturated heterocycles. The van der Waals surface area contributed by atoms with E-state index in [1.54, 1.807) is 25.3 Å². The molecule has 0 spiro atoms. The second kappa shape index (κ2) is 5.76. The lowest BCUT2D eigenvalue weighted by atomic mass is 10.1. The number of methoxy groups -OCH3 is 1. The first-order valence-electron chi connectivity index (χ1n) is 6.75. The first kappa shape index (κ1) is 13.3. The van der Waals surface area contributed by atoms with Gasteiger partial charge < -0.3 is 14.2 Å². The summed E-state index contributed by atoms with van der Waals surface area (Å²) in [5.41, 5.74) is 1.75. The van der Waals surface area contributed by atoms with Gasteiger partial charge >= 0.3 is 0 Å². The maximum Gasteiger partial charge on any atom is 0.162 e. The van der Waals surface area contributed by atoms with Crippen molar-refractivity contribution >= 4 is 0 Å². The fraction of sp³-hybridized carbons (Fsp3) is 0.235. The maximum absolute atomic E-state index is 8.88. The van der Waals surface area contributed by atoms with Crippen LogP contribution in [0.3, 0.4) is 0 Å². The second-order valence-electron chi connectivity index (χ2n) is 4.84. The van der Waals surface area contributed by atoms with Crippen LogP contribution in [-0.4, -0.2) is 19.8 Å². The average Bonchev–Trinajstić information content (AvgIpc) is 2.95. The quantitative estimate of drug-likeness (QED) is 0.864. The van der Waals surface area contributed by atoms with E-state index in [9.17, 15) is 0 Å². The van der Waals surface area contributed by atoms with Crippen LogP contribution in [0.4, 0.5) is 0 Å². The van der Waals surface area contributed by atoms with Gasteiger partial charge in [0.1, 0.15) is 18.5 Å². The zero-order valence-electron chi connectivity index (χ0n) is 11.7. The molecule has 1 unspecified atom stereocenters. The van der Waals surface area contributed by atoms with Gasteiger partial charge in [-0.15, -0.1) is 0 Å². The summed E-state index contributed by atoms with van der Waals surface area (Å²) in [6.45, 7) is 0.441. The zero-order chi connectivity index (χ0) is 14.7. The Labute approximate surface area is 123 Å². The number of nitriles is 1. The molecule has 3 rings (SSSR count). The van der Waals surface area contributed by atoms with Gasteiger partial charge in [0, 0.05) is 12.5 Å². The van der Waals surface area contributed by atoms with E-state index in [0.717, 1.165) is 12.2 Å². The first-order chi connectivity index (χ1) is 10.3. The lowest BCUT2D eigenvalue weighted by Gasteiger charge is -2.14. The molecular formula is C17H15NO3. The Morgan fingerprint density at radius 1 is 1.24 bits per heavy atom. The molecule has 1 aliphatic rings. The molecule has 2 aromatic rings. The molecule has 0 amide bonds. The predicted molar refractivity (Wildman–Crippen MR) is 77.8 cm³/mol. The normalized spacial score (nSPS) is 15.7. The molecule has 0 radical (unpaired) electrons. The van der Waals surface area contributed by atoms with E-state index in [1.807, 2.05) is 18.2 Å². The predicted octanol–water partition coefficient (Wildman–Crippen LogP) is 2.95. The molecule has 21 heavy (non-hydrogen) atoms. The third kappa shape index (κ3) is 2.77. The molecule has 4 heteroatoms. The molecular weight excluding hydrogens is 266 g/mol. The Hall–Kier alpha value is -2.67. The van der Waals surface area contributed by atoms with Crippen LogP contribution in [0.5, 0.6) is 17.2 Å². The van der Waals surface area contributed by atoms with Crippen LogP contribution >= 0.6 is 0 Å². The van der Waals surface area contributed by atoms with Crippen LogP contribution in [-0.2, 0) is 6.42 Å². The summed E-state index contributed by atoms with van der Waals surface area (Å²) in [6, 6.07) is 15.2. The summed E-state index contributed by atoms with van der Waals surface area (Å²) >= 11 is 0. The average molecular weight is 281 g/mol. The molecule has 106 valence electrons. The number of ether oxygens (including phenoxy) is 3. The van der Waals surface area contributed by atoms with Gasteiger partial charge in [0.25, 0.3) is 0 Å². The fourth-order valence-corrected chi connectivity index (χ4v) is 2.39. The van der Waals surface area contributed by atoms with E-state index >= 15 is 0 Å². The Balaban J connectivity index is 1.66. The second-order valence-corrected chi connectivity index (χ2v) is 4.84. The lowest BCUT2D eigenvalue weighted by Crippen LogP contribution is -2.22. The minimum absolute atomic E-state index is 0.00255. The number of benzene rings is 2. The Morgan fingerprint density at radius 3 is 2.86 bits per heavy atom. The summed E-state index contributed by atoms with van der Waals surface area (Å²) in [6.07, 6.45) is 0.845. The van der Waals surface area contributed by atoms with Crippen molar-refractivity contribution in [3.8, 4) is 23.3 Å². The van der Waals surface area contributed by atoms with Gasteiger partial charge in [-0.3, -0.25) is 0 Å². The molecule has 1 aliphatic heterocycles. The van der Waals surface area contributed by atoms with Crippen LogP contribution in [0.25, 0.3) is 0 Å². The molecule has 1 atom stereocenters. The molecule has 4 nitrogen and oxygen atoms in total. The van der Waals surface area contributed by atoms with Gasteiger partial charge in [-0.05, 0) is 23.8 Å². The monoisotopic (exact) mass is 281 g/mol. The third-order valence-corrected chi connectivity index (χ3v) is 3.43. The number of hydrogen-bond acceptors (Lipinski definition) is 4. The van der Waals surface area contributed by atoms with Crippen molar-refractivity contribution in [2.24, 2.45) is 0 Å². The van der Waals surface area contributed by atoms with Crippen LogP contribution in [0.2, 0.25) is 0 Å². The first-order valence-corrected chi connectivity index (χ1v) is 6.75. The van der Waals surface area contributed by atoms with Crippen molar-refractivity contribution < 1.29 is 14.2 Å². The van der Waals surface area contributed by atoms with E-state index in [-0.39, 0.29) is 6.10 Å². The number of rotatable bonds is 4.